The molecule has 0 bridgehead atoms. The van der Waals surface area contributed by atoms with Crippen LogP contribution in [0, 0.1) is 13.8 Å². The van der Waals surface area contributed by atoms with Crippen molar-refractivity contribution in [1.29, 1.82) is 0 Å². The predicted octanol–water partition coefficient (Wildman–Crippen LogP) is 7.16. The maximum atomic E-state index is 14.4. The Labute approximate surface area is 214 Å². The summed E-state index contributed by atoms with van der Waals surface area (Å²) in [5.41, 5.74) is -8.34. The molecule has 0 saturated carbocycles. The average Bonchev–Trinajstić information content (AvgIpc) is 2.72. The third-order valence-corrected chi connectivity index (χ3v) is 4.86. The van der Waals surface area contributed by atoms with Crippen LogP contribution in [-0.4, -0.2) is 39.7 Å². The quantitative estimate of drug-likeness (QED) is 0.289. The Bertz CT molecular complexity index is 1110. The minimum absolute atomic E-state index is 0.168. The molecular formula is C20H15Cl3F7N3O3. The Balaban J connectivity index is 2.29. The Morgan fingerprint density at radius 1 is 0.917 bits per heavy atom. The number of alkyl halides is 10. The van der Waals surface area contributed by atoms with Gasteiger partial charge in [0.2, 0.25) is 3.79 Å². The summed E-state index contributed by atoms with van der Waals surface area (Å²) in [6.07, 6.45) is -13.6. The van der Waals surface area contributed by atoms with E-state index < -0.39 is 46.0 Å². The summed E-state index contributed by atoms with van der Waals surface area (Å²) < 4.78 is 95.7. The maximum Gasteiger partial charge on any atom is 0.435 e. The second kappa shape index (κ2) is 10.5. The van der Waals surface area contributed by atoms with E-state index in [-0.39, 0.29) is 28.3 Å². The SMILES string of the molecule is Cc1cc(C(F)(C(F)(F)F)C(F)(F)F)cc(C)c1NC(=O)c1cccc(NC(=O)OCC(Cl)(Cl)Cl)n1. The molecule has 16 heteroatoms. The monoisotopic (exact) mass is 583 g/mol. The Morgan fingerprint density at radius 3 is 1.92 bits per heavy atom. The molecule has 2 amide bonds. The van der Waals surface area contributed by atoms with Gasteiger partial charge in [-0.2, -0.15) is 26.3 Å². The highest BCUT2D eigenvalue weighted by molar-refractivity contribution is 6.67. The van der Waals surface area contributed by atoms with Crippen molar-refractivity contribution in [2.45, 2.75) is 35.7 Å². The Morgan fingerprint density at radius 2 is 1.44 bits per heavy atom. The van der Waals surface area contributed by atoms with E-state index in [1.807, 2.05) is 0 Å². The molecule has 198 valence electrons. The topological polar surface area (TPSA) is 80.3 Å². The van der Waals surface area contributed by atoms with Gasteiger partial charge in [0.15, 0.2) is 0 Å². The molecule has 0 unspecified atom stereocenters. The van der Waals surface area contributed by atoms with Crippen molar-refractivity contribution in [3.63, 3.8) is 0 Å². The Hall–Kier alpha value is -2.51. The van der Waals surface area contributed by atoms with Crippen molar-refractivity contribution in [2.24, 2.45) is 0 Å². The van der Waals surface area contributed by atoms with Gasteiger partial charge in [0.05, 0.1) is 0 Å². The summed E-state index contributed by atoms with van der Waals surface area (Å²) in [7, 11) is 0. The highest BCUT2D eigenvalue weighted by Gasteiger charge is 2.73. The minimum atomic E-state index is -6.29. The lowest BCUT2D eigenvalue weighted by Gasteiger charge is -2.31. The molecule has 2 aromatic rings. The molecule has 0 saturated heterocycles. The van der Waals surface area contributed by atoms with Crippen molar-refractivity contribution in [3.05, 3.63) is 52.7 Å². The predicted molar refractivity (Wildman–Crippen MR) is 118 cm³/mol. The molecule has 1 aromatic heterocycles. The highest BCUT2D eigenvalue weighted by Crippen LogP contribution is 2.53. The van der Waals surface area contributed by atoms with Gasteiger partial charge < -0.3 is 10.1 Å². The van der Waals surface area contributed by atoms with Crippen molar-refractivity contribution < 1.29 is 45.1 Å². The van der Waals surface area contributed by atoms with Gasteiger partial charge in [0.1, 0.15) is 18.1 Å². The maximum absolute atomic E-state index is 14.4. The third kappa shape index (κ3) is 6.83. The summed E-state index contributed by atoms with van der Waals surface area (Å²) >= 11 is 16.4. The van der Waals surface area contributed by atoms with Crippen LogP contribution >= 0.6 is 34.8 Å². The lowest BCUT2D eigenvalue weighted by atomic mass is 9.90. The molecule has 2 rings (SSSR count). The summed E-state index contributed by atoms with van der Waals surface area (Å²) in [4.78, 5) is 28.2. The van der Waals surface area contributed by atoms with Crippen LogP contribution in [0.15, 0.2) is 30.3 Å². The number of carbonyl (C=O) groups is 2. The number of ether oxygens (including phenoxy) is 1. The number of benzene rings is 1. The first-order chi connectivity index (χ1) is 16.3. The van der Waals surface area contributed by atoms with Crippen LogP contribution < -0.4 is 10.6 Å². The zero-order chi connectivity index (χ0) is 27.7. The molecule has 6 nitrogen and oxygen atoms in total. The molecule has 0 fully saturated rings. The van der Waals surface area contributed by atoms with Gasteiger partial charge in [-0.3, -0.25) is 10.1 Å². The fourth-order valence-corrected chi connectivity index (χ4v) is 3.11. The number of carbonyl (C=O) groups excluding carboxylic acids is 2. The van der Waals surface area contributed by atoms with E-state index in [1.165, 1.54) is 18.2 Å². The average molecular weight is 585 g/mol. The molecule has 0 radical (unpaired) electrons. The molecule has 1 aromatic carbocycles. The van der Waals surface area contributed by atoms with Crippen LogP contribution in [0.3, 0.4) is 0 Å². The van der Waals surface area contributed by atoms with Crippen LogP contribution in [0.1, 0.15) is 27.2 Å². The van der Waals surface area contributed by atoms with Gasteiger partial charge in [-0.25, -0.2) is 14.2 Å². The third-order valence-electron chi connectivity index (χ3n) is 4.53. The van der Waals surface area contributed by atoms with Crippen LogP contribution in [-0.2, 0) is 10.4 Å². The summed E-state index contributed by atoms with van der Waals surface area (Å²) in [6.45, 7) is 1.58. The van der Waals surface area contributed by atoms with Crippen LogP contribution in [0.25, 0.3) is 0 Å². The second-order valence-corrected chi connectivity index (χ2v) is 9.83. The van der Waals surface area contributed by atoms with E-state index >= 15 is 0 Å². The molecule has 0 aliphatic heterocycles. The molecule has 0 aliphatic carbocycles. The second-order valence-electron chi connectivity index (χ2n) is 7.32. The van der Waals surface area contributed by atoms with Gasteiger partial charge in [-0.05, 0) is 37.1 Å². The van der Waals surface area contributed by atoms with E-state index in [0.717, 1.165) is 13.8 Å². The van der Waals surface area contributed by atoms with Gasteiger partial charge in [-0.1, -0.05) is 53.0 Å². The first kappa shape index (κ1) is 29.7. The van der Waals surface area contributed by atoms with Crippen LogP contribution in [0.4, 0.5) is 47.0 Å². The number of anilines is 2. The van der Waals surface area contributed by atoms with Crippen LogP contribution in [0.2, 0.25) is 0 Å². The molecule has 0 aliphatic rings. The molecule has 36 heavy (non-hydrogen) atoms. The van der Waals surface area contributed by atoms with Crippen molar-refractivity contribution >= 4 is 58.3 Å². The lowest BCUT2D eigenvalue weighted by Crippen LogP contribution is -2.50. The van der Waals surface area contributed by atoms with Crippen molar-refractivity contribution in [1.82, 2.24) is 4.98 Å². The first-order valence-electron chi connectivity index (χ1n) is 9.49. The van der Waals surface area contributed by atoms with Crippen molar-refractivity contribution in [3.8, 4) is 0 Å². The summed E-state index contributed by atoms with van der Waals surface area (Å²) in [5.74, 6) is -1.11. The largest absolute Gasteiger partial charge is 0.445 e. The van der Waals surface area contributed by atoms with Crippen LogP contribution in [0.5, 0.6) is 0 Å². The lowest BCUT2D eigenvalue weighted by molar-refractivity contribution is -0.348. The molecule has 0 spiro atoms. The fraction of sp³-hybridized carbons (Fsp3) is 0.350. The van der Waals surface area contributed by atoms with Gasteiger partial charge in [-0.15, -0.1) is 0 Å². The normalized spacial score (nSPS) is 12.8. The van der Waals surface area contributed by atoms with Crippen molar-refractivity contribution in [2.75, 3.05) is 17.2 Å². The number of halogens is 10. The fourth-order valence-electron chi connectivity index (χ4n) is 2.94. The van der Waals surface area contributed by atoms with E-state index in [9.17, 15) is 40.3 Å². The number of rotatable bonds is 5. The number of pyridine rings is 1. The first-order valence-corrected chi connectivity index (χ1v) is 10.6. The number of aryl methyl sites for hydroxylation is 2. The molecule has 1 heterocycles. The smallest absolute Gasteiger partial charge is 0.435 e. The number of nitrogens with zero attached hydrogens (tertiary/aromatic N) is 1. The highest BCUT2D eigenvalue weighted by atomic mass is 35.6. The summed E-state index contributed by atoms with van der Waals surface area (Å²) in [5, 5.41) is 4.46. The zero-order valence-corrected chi connectivity index (χ0v) is 20.3. The van der Waals surface area contributed by atoms with E-state index in [0.29, 0.717) is 12.1 Å². The number of aromatic nitrogens is 1. The minimum Gasteiger partial charge on any atom is -0.445 e. The number of hydrogen-bond donors (Lipinski definition) is 2. The van der Waals surface area contributed by atoms with E-state index in [4.69, 9.17) is 34.8 Å². The van der Waals surface area contributed by atoms with E-state index in [1.54, 1.807) is 0 Å². The number of hydrogen-bond acceptors (Lipinski definition) is 4. The summed E-state index contributed by atoms with van der Waals surface area (Å²) in [6, 6.07) is 4.46. The number of nitrogens with one attached hydrogen (secondary N) is 2. The zero-order valence-electron chi connectivity index (χ0n) is 18.0. The Kier molecular flexibility index (Phi) is 8.64. The number of amides is 2. The van der Waals surface area contributed by atoms with Gasteiger partial charge in [0.25, 0.3) is 5.91 Å². The van der Waals surface area contributed by atoms with Gasteiger partial charge >= 0.3 is 24.1 Å². The van der Waals surface area contributed by atoms with Gasteiger partial charge in [0, 0.05) is 11.3 Å². The molecular weight excluding hydrogens is 570 g/mol. The standard InChI is InChI=1S/C20H15Cl3F7N3O3/c1-9-6-11(18(24,19(25,26)27)20(28,29)30)7-10(2)14(9)33-15(34)12-4-3-5-13(31-12)32-16(35)36-8-17(21,22)23/h3-7H,8H2,1-2H3,(H,33,34)(H,31,32,35). The van der Waals surface area contributed by atoms with E-state index in [2.05, 4.69) is 20.4 Å². The molecule has 2 N–H and O–H groups in total. The molecule has 0 atom stereocenters.